The Kier molecular flexibility index (Phi) is 3.78. The molecule has 1 heterocycles. The zero-order valence-corrected chi connectivity index (χ0v) is 12.7. The van der Waals surface area contributed by atoms with Gasteiger partial charge in [-0.1, -0.05) is 48.0 Å². The van der Waals surface area contributed by atoms with Crippen molar-refractivity contribution in [3.63, 3.8) is 0 Å². The summed E-state index contributed by atoms with van der Waals surface area (Å²) < 4.78 is 0. The summed E-state index contributed by atoms with van der Waals surface area (Å²) in [5.41, 5.74) is 4.35. The van der Waals surface area contributed by atoms with Crippen molar-refractivity contribution in [1.82, 2.24) is 4.90 Å². The topological polar surface area (TPSA) is 20.3 Å². The van der Waals surface area contributed by atoms with E-state index in [0.717, 1.165) is 30.5 Å². The zero-order chi connectivity index (χ0) is 14.8. The maximum atomic E-state index is 12.9. The van der Waals surface area contributed by atoms with E-state index in [1.54, 1.807) is 0 Å². The van der Waals surface area contributed by atoms with Gasteiger partial charge in [-0.25, -0.2) is 0 Å². The molecule has 1 aliphatic rings. The van der Waals surface area contributed by atoms with Crippen LogP contribution in [0.5, 0.6) is 0 Å². The second-order valence-electron chi connectivity index (χ2n) is 5.89. The van der Waals surface area contributed by atoms with Crippen LogP contribution in [-0.2, 0) is 0 Å². The van der Waals surface area contributed by atoms with E-state index in [1.165, 1.54) is 11.1 Å². The number of amides is 1. The number of nitrogens with zero attached hydrogens (tertiary/aromatic N) is 1. The molecule has 2 aromatic carbocycles. The molecule has 2 heteroatoms. The van der Waals surface area contributed by atoms with Crippen molar-refractivity contribution >= 4 is 5.91 Å². The Morgan fingerprint density at radius 1 is 1.10 bits per heavy atom. The molecular formula is C19H21NO. The molecule has 0 N–H and O–H groups in total. The molecule has 0 bridgehead atoms. The molecule has 1 aliphatic heterocycles. The van der Waals surface area contributed by atoms with Crippen LogP contribution < -0.4 is 0 Å². The molecule has 2 aromatic rings. The van der Waals surface area contributed by atoms with Gasteiger partial charge >= 0.3 is 0 Å². The second-order valence-corrected chi connectivity index (χ2v) is 5.89. The van der Waals surface area contributed by atoms with E-state index in [1.807, 2.05) is 42.2 Å². The summed E-state index contributed by atoms with van der Waals surface area (Å²) in [5, 5.41) is 0. The van der Waals surface area contributed by atoms with E-state index in [2.05, 4.69) is 25.1 Å². The zero-order valence-electron chi connectivity index (χ0n) is 12.7. The van der Waals surface area contributed by atoms with Crippen molar-refractivity contribution in [2.45, 2.75) is 32.7 Å². The summed E-state index contributed by atoms with van der Waals surface area (Å²) >= 11 is 0. The van der Waals surface area contributed by atoms with Crippen molar-refractivity contribution < 1.29 is 4.79 Å². The predicted octanol–water partition coefficient (Wildman–Crippen LogP) is 4.28. The number of hydrogen-bond donors (Lipinski definition) is 0. The lowest BCUT2D eigenvalue weighted by Gasteiger charge is -2.26. The lowest BCUT2D eigenvalue weighted by molar-refractivity contribution is 0.0735. The molecule has 0 saturated carbocycles. The van der Waals surface area contributed by atoms with Gasteiger partial charge in [0, 0.05) is 12.1 Å². The Bertz CT molecular complexity index is 648. The Morgan fingerprint density at radius 3 is 2.57 bits per heavy atom. The summed E-state index contributed by atoms with van der Waals surface area (Å²) in [4.78, 5) is 14.9. The minimum Gasteiger partial charge on any atom is -0.332 e. The number of aryl methyl sites for hydroxylation is 2. The van der Waals surface area contributed by atoms with Crippen LogP contribution in [0.1, 0.15) is 45.9 Å². The fraction of sp³-hybridized carbons (Fsp3) is 0.316. The number of rotatable bonds is 2. The average Bonchev–Trinajstić information content (AvgIpc) is 2.97. The molecule has 3 rings (SSSR count). The van der Waals surface area contributed by atoms with Crippen LogP contribution in [0.3, 0.4) is 0 Å². The molecule has 21 heavy (non-hydrogen) atoms. The van der Waals surface area contributed by atoms with E-state index in [0.29, 0.717) is 0 Å². The van der Waals surface area contributed by atoms with Gasteiger partial charge < -0.3 is 4.90 Å². The first kappa shape index (κ1) is 13.9. The van der Waals surface area contributed by atoms with Crippen LogP contribution in [0.4, 0.5) is 0 Å². The van der Waals surface area contributed by atoms with Gasteiger partial charge in [0.1, 0.15) is 0 Å². The van der Waals surface area contributed by atoms with Crippen molar-refractivity contribution in [2.75, 3.05) is 6.54 Å². The van der Waals surface area contributed by atoms with E-state index in [-0.39, 0.29) is 11.9 Å². The third-order valence-corrected chi connectivity index (χ3v) is 4.31. The molecule has 1 fully saturated rings. The minimum atomic E-state index is 0.166. The fourth-order valence-electron chi connectivity index (χ4n) is 3.24. The van der Waals surface area contributed by atoms with Gasteiger partial charge in [0.05, 0.1) is 6.04 Å². The summed E-state index contributed by atoms with van der Waals surface area (Å²) in [6, 6.07) is 16.7. The van der Waals surface area contributed by atoms with Crippen LogP contribution in [0.2, 0.25) is 0 Å². The van der Waals surface area contributed by atoms with E-state index >= 15 is 0 Å². The average molecular weight is 279 g/mol. The van der Waals surface area contributed by atoms with Crippen LogP contribution in [-0.4, -0.2) is 17.4 Å². The molecule has 1 atom stereocenters. The standard InChI is InChI=1S/C19H21NO/c1-14-10-11-17(15(2)13-14)19(21)20-12-6-9-18(20)16-7-4-3-5-8-16/h3-5,7-8,10-11,13,18H,6,9,12H2,1-2H3/t18-/m1/s1. The molecule has 108 valence electrons. The van der Waals surface area contributed by atoms with Gasteiger partial charge in [-0.15, -0.1) is 0 Å². The molecule has 2 nitrogen and oxygen atoms in total. The monoisotopic (exact) mass is 279 g/mol. The van der Waals surface area contributed by atoms with Gasteiger partial charge in [0.2, 0.25) is 0 Å². The highest BCUT2D eigenvalue weighted by Crippen LogP contribution is 2.33. The highest BCUT2D eigenvalue weighted by atomic mass is 16.2. The Labute approximate surface area is 126 Å². The quantitative estimate of drug-likeness (QED) is 0.803. The number of carbonyl (C=O) groups is 1. The van der Waals surface area contributed by atoms with Crippen LogP contribution >= 0.6 is 0 Å². The molecule has 0 unspecified atom stereocenters. The molecule has 0 aliphatic carbocycles. The van der Waals surface area contributed by atoms with Crippen molar-refractivity contribution in [3.8, 4) is 0 Å². The molecule has 1 amide bonds. The first-order valence-electron chi connectivity index (χ1n) is 7.60. The number of likely N-dealkylation sites (tertiary alicyclic amines) is 1. The van der Waals surface area contributed by atoms with E-state index < -0.39 is 0 Å². The first-order chi connectivity index (χ1) is 10.2. The fourth-order valence-corrected chi connectivity index (χ4v) is 3.24. The van der Waals surface area contributed by atoms with Crippen LogP contribution in [0.25, 0.3) is 0 Å². The van der Waals surface area contributed by atoms with E-state index in [9.17, 15) is 4.79 Å². The van der Waals surface area contributed by atoms with Crippen LogP contribution in [0, 0.1) is 13.8 Å². The predicted molar refractivity (Wildman–Crippen MR) is 85.4 cm³/mol. The van der Waals surface area contributed by atoms with Crippen LogP contribution in [0.15, 0.2) is 48.5 Å². The number of benzene rings is 2. The highest BCUT2D eigenvalue weighted by molar-refractivity contribution is 5.96. The maximum Gasteiger partial charge on any atom is 0.254 e. The number of hydrogen-bond acceptors (Lipinski definition) is 1. The summed E-state index contributed by atoms with van der Waals surface area (Å²) in [7, 11) is 0. The summed E-state index contributed by atoms with van der Waals surface area (Å²) in [6.07, 6.45) is 2.14. The van der Waals surface area contributed by atoms with Crippen molar-refractivity contribution in [1.29, 1.82) is 0 Å². The summed E-state index contributed by atoms with van der Waals surface area (Å²) in [5.74, 6) is 0.166. The largest absolute Gasteiger partial charge is 0.332 e. The Hall–Kier alpha value is -2.09. The van der Waals surface area contributed by atoms with Gasteiger partial charge in [0.15, 0.2) is 0 Å². The van der Waals surface area contributed by atoms with Gasteiger partial charge in [-0.05, 0) is 43.9 Å². The lowest BCUT2D eigenvalue weighted by atomic mass is 10.0. The SMILES string of the molecule is Cc1ccc(C(=O)N2CCC[C@@H]2c2ccccc2)c(C)c1. The third kappa shape index (κ3) is 2.71. The van der Waals surface area contributed by atoms with E-state index in [4.69, 9.17) is 0 Å². The van der Waals surface area contributed by atoms with Gasteiger partial charge in [-0.2, -0.15) is 0 Å². The molecule has 0 spiro atoms. The second kappa shape index (κ2) is 5.72. The minimum absolute atomic E-state index is 0.166. The molecule has 0 radical (unpaired) electrons. The summed E-state index contributed by atoms with van der Waals surface area (Å²) in [6.45, 7) is 4.93. The Morgan fingerprint density at radius 2 is 1.86 bits per heavy atom. The van der Waals surface area contributed by atoms with Crippen molar-refractivity contribution in [2.24, 2.45) is 0 Å². The first-order valence-corrected chi connectivity index (χ1v) is 7.60. The third-order valence-electron chi connectivity index (χ3n) is 4.31. The molecule has 1 saturated heterocycles. The number of carbonyl (C=O) groups excluding carboxylic acids is 1. The smallest absolute Gasteiger partial charge is 0.254 e. The maximum absolute atomic E-state index is 12.9. The highest BCUT2D eigenvalue weighted by Gasteiger charge is 2.30. The Balaban J connectivity index is 1.90. The molecule has 0 aromatic heterocycles. The van der Waals surface area contributed by atoms with Crippen molar-refractivity contribution in [3.05, 3.63) is 70.8 Å². The normalized spacial score (nSPS) is 18.0. The lowest BCUT2D eigenvalue weighted by Crippen LogP contribution is -2.31. The van der Waals surface area contributed by atoms with Gasteiger partial charge in [-0.3, -0.25) is 4.79 Å². The van der Waals surface area contributed by atoms with Gasteiger partial charge in [0.25, 0.3) is 5.91 Å². The molecular weight excluding hydrogens is 258 g/mol.